The van der Waals surface area contributed by atoms with E-state index in [9.17, 15) is 8.42 Å². The van der Waals surface area contributed by atoms with Gasteiger partial charge in [0.1, 0.15) is 0 Å². The van der Waals surface area contributed by atoms with Crippen molar-refractivity contribution in [1.29, 1.82) is 0 Å². The Kier molecular flexibility index (Phi) is 5.79. The van der Waals surface area contributed by atoms with Crippen LogP contribution in [0.1, 0.15) is 24.8 Å². The van der Waals surface area contributed by atoms with Gasteiger partial charge in [-0.3, -0.25) is 5.43 Å². The number of hydrogen-bond acceptors (Lipinski definition) is 5. The number of hydrogen-bond donors (Lipinski definition) is 1. The Balaban J connectivity index is 1.46. The van der Waals surface area contributed by atoms with Gasteiger partial charge in [-0.05, 0) is 42.7 Å². The standard InChI is InChI=1S/C20H22N4O2S2/c25-28(26,24-13-5-2-6-14-24)18-11-9-16(10-12-18)19-15-27-20(23-22-19)21-17-7-3-1-4-8-17/h1,3-4,7-12H,2,5-6,13-15H2,(H,21,23). The fourth-order valence-electron chi connectivity index (χ4n) is 3.22. The summed E-state index contributed by atoms with van der Waals surface area (Å²) in [6, 6.07) is 16.7. The molecule has 1 saturated heterocycles. The predicted octanol–water partition coefficient (Wildman–Crippen LogP) is 3.59. The SMILES string of the molecule is O=S(=O)(c1ccc(C2=NNC(=Nc3ccccc3)SC2)cc1)N1CCCCC1. The van der Waals surface area contributed by atoms with Crippen molar-refractivity contribution < 1.29 is 8.42 Å². The Morgan fingerprint density at radius 2 is 1.68 bits per heavy atom. The van der Waals surface area contributed by atoms with Crippen LogP contribution in [0.3, 0.4) is 0 Å². The minimum atomic E-state index is -3.40. The zero-order valence-electron chi connectivity index (χ0n) is 15.4. The van der Waals surface area contributed by atoms with Gasteiger partial charge >= 0.3 is 0 Å². The predicted molar refractivity (Wildman–Crippen MR) is 115 cm³/mol. The molecular formula is C20H22N4O2S2. The maximum absolute atomic E-state index is 12.8. The fraction of sp³-hybridized carbons (Fsp3) is 0.300. The lowest BCUT2D eigenvalue weighted by Crippen LogP contribution is -2.35. The first-order chi connectivity index (χ1) is 13.6. The molecule has 2 heterocycles. The highest BCUT2D eigenvalue weighted by atomic mass is 32.2. The number of aliphatic imine (C=N–C) groups is 1. The van der Waals surface area contributed by atoms with Crippen molar-refractivity contribution in [2.45, 2.75) is 24.2 Å². The van der Waals surface area contributed by atoms with Crippen LogP contribution in [0.2, 0.25) is 0 Å². The zero-order chi connectivity index (χ0) is 19.4. The van der Waals surface area contributed by atoms with Gasteiger partial charge in [-0.25, -0.2) is 13.4 Å². The number of nitrogens with zero attached hydrogens (tertiary/aromatic N) is 3. The third-order valence-electron chi connectivity index (χ3n) is 4.76. The number of thioether (sulfide) groups is 1. The largest absolute Gasteiger partial charge is 0.255 e. The van der Waals surface area contributed by atoms with Crippen LogP contribution in [-0.4, -0.2) is 42.4 Å². The van der Waals surface area contributed by atoms with Gasteiger partial charge in [-0.2, -0.15) is 9.41 Å². The first-order valence-corrected chi connectivity index (χ1v) is 11.8. The minimum absolute atomic E-state index is 0.349. The molecular weight excluding hydrogens is 392 g/mol. The molecule has 2 aromatic rings. The van der Waals surface area contributed by atoms with Crippen molar-refractivity contribution in [3.63, 3.8) is 0 Å². The van der Waals surface area contributed by atoms with Crippen LogP contribution in [0.15, 0.2) is 69.6 Å². The third kappa shape index (κ3) is 4.29. The summed E-state index contributed by atoms with van der Waals surface area (Å²) in [5.41, 5.74) is 5.65. The zero-order valence-corrected chi connectivity index (χ0v) is 17.0. The molecule has 0 bridgehead atoms. The van der Waals surface area contributed by atoms with Gasteiger partial charge < -0.3 is 0 Å². The molecule has 0 saturated carbocycles. The number of hydrazone groups is 1. The van der Waals surface area contributed by atoms with Gasteiger partial charge in [0.05, 0.1) is 16.3 Å². The second-order valence-corrected chi connectivity index (χ2v) is 9.60. The van der Waals surface area contributed by atoms with E-state index < -0.39 is 10.0 Å². The molecule has 0 radical (unpaired) electrons. The molecule has 0 amide bonds. The van der Waals surface area contributed by atoms with E-state index in [0.29, 0.717) is 23.7 Å². The number of sulfonamides is 1. The van der Waals surface area contributed by atoms with Crippen molar-refractivity contribution >= 4 is 38.4 Å². The molecule has 2 aliphatic heterocycles. The normalized spacial score (nSPS) is 19.9. The highest BCUT2D eigenvalue weighted by Crippen LogP contribution is 2.22. The molecule has 6 nitrogen and oxygen atoms in total. The van der Waals surface area contributed by atoms with E-state index in [2.05, 4.69) is 15.5 Å². The van der Waals surface area contributed by atoms with E-state index >= 15 is 0 Å². The summed E-state index contributed by atoms with van der Waals surface area (Å²) in [6.07, 6.45) is 2.97. The maximum Gasteiger partial charge on any atom is 0.243 e. The number of benzene rings is 2. The van der Waals surface area contributed by atoms with Crippen LogP contribution in [-0.2, 0) is 10.0 Å². The lowest BCUT2D eigenvalue weighted by atomic mass is 10.1. The van der Waals surface area contributed by atoms with Gasteiger partial charge in [0.15, 0.2) is 5.17 Å². The molecule has 4 rings (SSSR count). The monoisotopic (exact) mass is 414 g/mol. The van der Waals surface area contributed by atoms with Gasteiger partial charge in [-0.15, -0.1) is 0 Å². The molecule has 2 aromatic carbocycles. The van der Waals surface area contributed by atoms with Crippen molar-refractivity contribution in [2.24, 2.45) is 10.1 Å². The number of nitrogens with one attached hydrogen (secondary N) is 1. The van der Waals surface area contributed by atoms with Crippen LogP contribution in [0.25, 0.3) is 0 Å². The van der Waals surface area contributed by atoms with Crippen molar-refractivity contribution in [2.75, 3.05) is 18.8 Å². The average Bonchev–Trinajstić information content (AvgIpc) is 2.76. The highest BCUT2D eigenvalue weighted by molar-refractivity contribution is 8.14. The number of rotatable bonds is 4. The lowest BCUT2D eigenvalue weighted by Gasteiger charge is -2.26. The Labute approximate surface area is 169 Å². The molecule has 8 heteroatoms. The summed E-state index contributed by atoms with van der Waals surface area (Å²) in [4.78, 5) is 4.87. The summed E-state index contributed by atoms with van der Waals surface area (Å²) in [5, 5.41) is 5.16. The molecule has 0 atom stereocenters. The second-order valence-electron chi connectivity index (χ2n) is 6.70. The highest BCUT2D eigenvalue weighted by Gasteiger charge is 2.26. The van der Waals surface area contributed by atoms with E-state index in [1.807, 2.05) is 42.5 Å². The topological polar surface area (TPSA) is 74.1 Å². The van der Waals surface area contributed by atoms with E-state index in [1.165, 1.54) is 0 Å². The van der Waals surface area contributed by atoms with Crippen LogP contribution in [0.5, 0.6) is 0 Å². The van der Waals surface area contributed by atoms with Crippen LogP contribution in [0.4, 0.5) is 5.69 Å². The summed E-state index contributed by atoms with van der Waals surface area (Å²) in [5.74, 6) is 0.677. The molecule has 146 valence electrons. The van der Waals surface area contributed by atoms with Crippen molar-refractivity contribution in [3.8, 4) is 0 Å². The smallest absolute Gasteiger partial charge is 0.243 e. The number of para-hydroxylation sites is 1. The second kappa shape index (κ2) is 8.46. The first-order valence-electron chi connectivity index (χ1n) is 9.33. The summed E-state index contributed by atoms with van der Waals surface area (Å²) < 4.78 is 27.1. The molecule has 0 spiro atoms. The quantitative estimate of drug-likeness (QED) is 0.830. The molecule has 0 aliphatic carbocycles. The molecule has 2 aliphatic rings. The lowest BCUT2D eigenvalue weighted by molar-refractivity contribution is 0.346. The third-order valence-corrected chi connectivity index (χ3v) is 7.55. The van der Waals surface area contributed by atoms with Crippen molar-refractivity contribution in [3.05, 3.63) is 60.2 Å². The first kappa shape index (κ1) is 19.2. The number of amidine groups is 1. The maximum atomic E-state index is 12.8. The van der Waals surface area contributed by atoms with Crippen LogP contribution < -0.4 is 5.43 Å². The summed E-state index contributed by atoms with van der Waals surface area (Å²) >= 11 is 1.58. The van der Waals surface area contributed by atoms with Gasteiger partial charge in [0.25, 0.3) is 0 Å². The van der Waals surface area contributed by atoms with Crippen molar-refractivity contribution in [1.82, 2.24) is 9.73 Å². The molecule has 0 aromatic heterocycles. The molecule has 1 fully saturated rings. The van der Waals surface area contributed by atoms with Gasteiger partial charge in [0.2, 0.25) is 10.0 Å². The molecule has 0 unspecified atom stereocenters. The molecule has 28 heavy (non-hydrogen) atoms. The van der Waals surface area contributed by atoms with E-state index in [4.69, 9.17) is 0 Å². The Morgan fingerprint density at radius 3 is 2.32 bits per heavy atom. The average molecular weight is 415 g/mol. The Bertz CT molecular complexity index is 981. The van der Waals surface area contributed by atoms with Gasteiger partial charge in [0, 0.05) is 18.8 Å². The minimum Gasteiger partial charge on any atom is -0.255 e. The Morgan fingerprint density at radius 1 is 0.964 bits per heavy atom. The van der Waals surface area contributed by atoms with Crippen LogP contribution >= 0.6 is 11.8 Å². The number of piperidine rings is 1. The van der Waals surface area contributed by atoms with E-state index in [1.54, 1.807) is 28.2 Å². The summed E-state index contributed by atoms with van der Waals surface area (Å²) in [7, 11) is -3.40. The molecule has 1 N–H and O–H groups in total. The van der Waals surface area contributed by atoms with E-state index in [0.717, 1.165) is 41.4 Å². The fourth-order valence-corrected chi connectivity index (χ4v) is 5.52. The van der Waals surface area contributed by atoms with Gasteiger partial charge in [-0.1, -0.05) is 48.5 Å². The summed E-state index contributed by atoms with van der Waals surface area (Å²) in [6.45, 7) is 1.22. The van der Waals surface area contributed by atoms with Crippen LogP contribution in [0, 0.1) is 0 Å². The van der Waals surface area contributed by atoms with E-state index in [-0.39, 0.29) is 0 Å². The Hall–Kier alpha value is -2.16.